The lowest BCUT2D eigenvalue weighted by Crippen LogP contribution is -2.18. The first-order chi connectivity index (χ1) is 15.4. The fourth-order valence-electron chi connectivity index (χ4n) is 3.09. The Kier molecular flexibility index (Phi) is 6.13. The summed E-state index contributed by atoms with van der Waals surface area (Å²) in [5.41, 5.74) is 3.63. The molecule has 0 aliphatic carbocycles. The Morgan fingerprint density at radius 1 is 1.09 bits per heavy atom. The first-order valence-electron chi connectivity index (χ1n) is 9.86. The number of hydrogen-bond acceptors (Lipinski definition) is 7. The number of aromatic nitrogens is 5. The van der Waals surface area contributed by atoms with Crippen molar-refractivity contribution in [3.05, 3.63) is 65.9 Å². The van der Waals surface area contributed by atoms with Gasteiger partial charge in [0.1, 0.15) is 11.6 Å². The second-order valence-electron chi connectivity index (χ2n) is 7.16. The topological polar surface area (TPSA) is 113 Å². The molecule has 4 rings (SSSR count). The van der Waals surface area contributed by atoms with Crippen LogP contribution in [-0.2, 0) is 4.79 Å². The molecule has 9 nitrogen and oxygen atoms in total. The van der Waals surface area contributed by atoms with Gasteiger partial charge in [-0.3, -0.25) is 4.79 Å². The van der Waals surface area contributed by atoms with Crippen molar-refractivity contribution in [1.82, 2.24) is 24.7 Å². The van der Waals surface area contributed by atoms with Crippen LogP contribution in [0.2, 0.25) is 0 Å². The maximum atomic E-state index is 12.6. The van der Waals surface area contributed by atoms with Crippen LogP contribution in [-0.4, -0.2) is 43.4 Å². The number of methoxy groups -OCH3 is 1. The molecule has 4 aromatic rings. The van der Waals surface area contributed by atoms with Crippen molar-refractivity contribution in [2.75, 3.05) is 24.0 Å². The van der Waals surface area contributed by atoms with Crippen LogP contribution in [0.5, 0.6) is 5.75 Å². The lowest BCUT2D eigenvalue weighted by Gasteiger charge is -2.09. The standard InChI is InChI=1S/C22H23N7O2S/c1-14-4-8-17(9-5-14)29-19(12-15(2)27-29)24-20(30)13-32-22-26-25-21(28(22)23)16-6-10-18(31-3)11-7-16/h4-12H,13,23H2,1-3H3,(H,24,30). The molecular formula is C22H23N7O2S. The van der Waals surface area contributed by atoms with E-state index in [9.17, 15) is 4.79 Å². The predicted octanol–water partition coefficient (Wildman–Crippen LogP) is 3.20. The Labute approximate surface area is 189 Å². The fourth-order valence-corrected chi connectivity index (χ4v) is 3.75. The highest BCUT2D eigenvalue weighted by Crippen LogP contribution is 2.24. The van der Waals surface area contributed by atoms with Crippen LogP contribution in [0.4, 0.5) is 5.82 Å². The zero-order valence-corrected chi connectivity index (χ0v) is 18.8. The third-order valence-corrected chi connectivity index (χ3v) is 5.67. The summed E-state index contributed by atoms with van der Waals surface area (Å²) in [5.74, 6) is 7.92. The smallest absolute Gasteiger partial charge is 0.236 e. The van der Waals surface area contributed by atoms with Gasteiger partial charge in [0.15, 0.2) is 5.82 Å². The molecule has 0 saturated carbocycles. The summed E-state index contributed by atoms with van der Waals surface area (Å²) >= 11 is 1.21. The Bertz CT molecular complexity index is 1230. The number of amides is 1. The van der Waals surface area contributed by atoms with E-state index in [0.29, 0.717) is 16.8 Å². The summed E-state index contributed by atoms with van der Waals surface area (Å²) in [6, 6.07) is 17.1. The van der Waals surface area contributed by atoms with Gasteiger partial charge in [0, 0.05) is 11.6 Å². The fraction of sp³-hybridized carbons (Fsp3) is 0.182. The van der Waals surface area contributed by atoms with E-state index in [4.69, 9.17) is 10.6 Å². The van der Waals surface area contributed by atoms with Gasteiger partial charge in [0.2, 0.25) is 11.1 Å². The molecule has 0 radical (unpaired) electrons. The van der Waals surface area contributed by atoms with Crippen LogP contribution < -0.4 is 15.9 Å². The number of nitrogens with two attached hydrogens (primary N) is 1. The molecule has 1 amide bonds. The second-order valence-corrected chi connectivity index (χ2v) is 8.10. The molecule has 0 atom stereocenters. The van der Waals surface area contributed by atoms with Gasteiger partial charge in [-0.1, -0.05) is 29.5 Å². The molecular weight excluding hydrogens is 426 g/mol. The van der Waals surface area contributed by atoms with Crippen LogP contribution in [0.1, 0.15) is 11.3 Å². The highest BCUT2D eigenvalue weighted by Gasteiger charge is 2.16. The number of nitrogens with one attached hydrogen (secondary N) is 1. The molecule has 2 heterocycles. The summed E-state index contributed by atoms with van der Waals surface area (Å²) in [6.45, 7) is 3.90. The number of anilines is 1. The Hall–Kier alpha value is -3.79. The van der Waals surface area contributed by atoms with Crippen molar-refractivity contribution < 1.29 is 9.53 Å². The summed E-state index contributed by atoms with van der Waals surface area (Å²) in [4.78, 5) is 12.6. The van der Waals surface area contributed by atoms with Gasteiger partial charge in [-0.25, -0.2) is 9.36 Å². The summed E-state index contributed by atoms with van der Waals surface area (Å²) in [7, 11) is 1.61. The summed E-state index contributed by atoms with van der Waals surface area (Å²) in [5, 5.41) is 16.1. The lowest BCUT2D eigenvalue weighted by atomic mass is 10.2. The third-order valence-electron chi connectivity index (χ3n) is 4.72. The largest absolute Gasteiger partial charge is 0.497 e. The number of benzene rings is 2. The molecule has 0 aliphatic rings. The average molecular weight is 450 g/mol. The van der Waals surface area contributed by atoms with Crippen LogP contribution >= 0.6 is 11.8 Å². The highest BCUT2D eigenvalue weighted by molar-refractivity contribution is 7.99. The minimum absolute atomic E-state index is 0.121. The Morgan fingerprint density at radius 3 is 2.50 bits per heavy atom. The second kappa shape index (κ2) is 9.15. The Balaban J connectivity index is 1.43. The molecule has 32 heavy (non-hydrogen) atoms. The molecule has 0 unspecified atom stereocenters. The highest BCUT2D eigenvalue weighted by atomic mass is 32.2. The molecule has 164 valence electrons. The van der Waals surface area contributed by atoms with Gasteiger partial charge < -0.3 is 15.9 Å². The molecule has 0 spiro atoms. The van der Waals surface area contributed by atoms with E-state index in [1.54, 1.807) is 11.8 Å². The van der Waals surface area contributed by atoms with Crippen molar-refractivity contribution in [1.29, 1.82) is 0 Å². The quantitative estimate of drug-likeness (QED) is 0.329. The molecule has 0 aliphatic heterocycles. The van der Waals surface area contributed by atoms with Crippen molar-refractivity contribution >= 4 is 23.5 Å². The minimum Gasteiger partial charge on any atom is -0.497 e. The minimum atomic E-state index is -0.197. The number of ether oxygens (including phenoxy) is 1. The number of carbonyl (C=O) groups is 1. The van der Waals surface area contributed by atoms with E-state index in [-0.39, 0.29) is 11.7 Å². The number of carbonyl (C=O) groups excluding carboxylic acids is 1. The lowest BCUT2D eigenvalue weighted by molar-refractivity contribution is -0.113. The molecule has 10 heteroatoms. The van der Waals surface area contributed by atoms with Gasteiger partial charge >= 0.3 is 0 Å². The zero-order valence-electron chi connectivity index (χ0n) is 17.9. The van der Waals surface area contributed by atoms with Crippen LogP contribution in [0.3, 0.4) is 0 Å². The third kappa shape index (κ3) is 4.59. The molecule has 2 aromatic carbocycles. The van der Waals surface area contributed by atoms with Gasteiger partial charge in [0.25, 0.3) is 0 Å². The number of aryl methyl sites for hydroxylation is 2. The van der Waals surface area contributed by atoms with E-state index >= 15 is 0 Å². The number of nitrogens with zero attached hydrogens (tertiary/aromatic N) is 5. The molecule has 0 saturated heterocycles. The normalized spacial score (nSPS) is 10.8. The van der Waals surface area contributed by atoms with Crippen LogP contribution in [0.25, 0.3) is 17.1 Å². The van der Waals surface area contributed by atoms with Crippen LogP contribution in [0, 0.1) is 13.8 Å². The van der Waals surface area contributed by atoms with Crippen molar-refractivity contribution in [2.45, 2.75) is 19.0 Å². The number of nitrogen functional groups attached to an aromatic ring is 1. The Morgan fingerprint density at radius 2 is 1.81 bits per heavy atom. The monoisotopic (exact) mass is 449 g/mol. The molecule has 2 aromatic heterocycles. The average Bonchev–Trinajstić information content (AvgIpc) is 3.34. The molecule has 0 fully saturated rings. The summed E-state index contributed by atoms with van der Waals surface area (Å²) in [6.07, 6.45) is 0. The van der Waals surface area contributed by atoms with E-state index in [1.165, 1.54) is 16.4 Å². The zero-order chi connectivity index (χ0) is 22.7. The van der Waals surface area contributed by atoms with Gasteiger partial charge in [-0.15, -0.1) is 10.2 Å². The SMILES string of the molecule is COc1ccc(-c2nnc(SCC(=O)Nc3cc(C)nn3-c3ccc(C)cc3)n2N)cc1. The van der Waals surface area contributed by atoms with Crippen molar-refractivity contribution in [2.24, 2.45) is 0 Å². The van der Waals surface area contributed by atoms with E-state index in [0.717, 1.165) is 28.3 Å². The van der Waals surface area contributed by atoms with E-state index < -0.39 is 0 Å². The number of hydrogen-bond donors (Lipinski definition) is 2. The first-order valence-corrected chi connectivity index (χ1v) is 10.8. The molecule has 0 bridgehead atoms. The maximum absolute atomic E-state index is 12.6. The first kappa shape index (κ1) is 21.4. The van der Waals surface area contributed by atoms with E-state index in [1.807, 2.05) is 68.4 Å². The maximum Gasteiger partial charge on any atom is 0.236 e. The predicted molar refractivity (Wildman–Crippen MR) is 125 cm³/mol. The van der Waals surface area contributed by atoms with Crippen molar-refractivity contribution in [3.63, 3.8) is 0 Å². The van der Waals surface area contributed by atoms with Gasteiger partial charge in [0.05, 0.1) is 24.2 Å². The van der Waals surface area contributed by atoms with Gasteiger partial charge in [-0.05, 0) is 50.2 Å². The van der Waals surface area contributed by atoms with Gasteiger partial charge in [-0.2, -0.15) is 5.10 Å². The van der Waals surface area contributed by atoms with Crippen LogP contribution in [0.15, 0.2) is 59.8 Å². The molecule has 3 N–H and O–H groups in total. The summed E-state index contributed by atoms with van der Waals surface area (Å²) < 4.78 is 8.26. The number of rotatable bonds is 7. The number of thioether (sulfide) groups is 1. The van der Waals surface area contributed by atoms with Crippen molar-refractivity contribution in [3.8, 4) is 22.8 Å². The van der Waals surface area contributed by atoms with E-state index in [2.05, 4.69) is 20.6 Å².